The molecule has 0 aliphatic carbocycles. The van der Waals surface area contributed by atoms with E-state index in [4.69, 9.17) is 4.74 Å². The summed E-state index contributed by atoms with van der Waals surface area (Å²) in [5.74, 6) is 0.730. The Morgan fingerprint density at radius 2 is 2.00 bits per heavy atom. The van der Waals surface area contributed by atoms with E-state index in [0.29, 0.717) is 38.0 Å². The van der Waals surface area contributed by atoms with E-state index >= 15 is 0 Å². The van der Waals surface area contributed by atoms with Crippen molar-refractivity contribution in [1.29, 1.82) is 0 Å². The molecule has 1 aromatic rings. The summed E-state index contributed by atoms with van der Waals surface area (Å²) in [4.78, 5) is 39.0. The van der Waals surface area contributed by atoms with Gasteiger partial charge in [-0.3, -0.25) is 0 Å². The number of carbonyl (C=O) groups excluding carboxylic acids is 2. The standard InChI is InChI=1S/C28H44AsN3O5/c1-20(2)19-37-24-7-3-5-22(15-24)17-29-25(16-27(34)35)31-28(36)23-6-4-14-32(18-23)26(33)9-8-21-10-12-30-13-11-21/h3,5,7,15,20-21,23,25,29-30H,4,6,8-14,16-19H2,1-2H3,(H,31,36)(H,34,35)/t23-,25+/m1/s1. The zero-order chi connectivity index (χ0) is 26.6. The van der Waals surface area contributed by atoms with Crippen LogP contribution >= 0.6 is 0 Å². The number of carboxylic acids is 1. The van der Waals surface area contributed by atoms with E-state index in [1.165, 1.54) is 0 Å². The van der Waals surface area contributed by atoms with Crippen molar-refractivity contribution in [3.05, 3.63) is 29.8 Å². The number of hydrogen-bond donors (Lipinski definition) is 3. The minimum absolute atomic E-state index is 0.0686. The van der Waals surface area contributed by atoms with Crippen molar-refractivity contribution >= 4 is 33.5 Å². The van der Waals surface area contributed by atoms with Crippen molar-refractivity contribution in [2.45, 2.75) is 68.8 Å². The Morgan fingerprint density at radius 1 is 1.22 bits per heavy atom. The summed E-state index contributed by atoms with van der Waals surface area (Å²) in [6, 6.07) is 7.94. The number of carbonyl (C=O) groups is 3. The van der Waals surface area contributed by atoms with E-state index in [1.807, 2.05) is 29.2 Å². The number of hydrogen-bond acceptors (Lipinski definition) is 5. The van der Waals surface area contributed by atoms with Gasteiger partial charge in [-0.1, -0.05) is 0 Å². The van der Waals surface area contributed by atoms with E-state index in [2.05, 4.69) is 24.5 Å². The molecule has 3 rings (SSSR count). The van der Waals surface area contributed by atoms with Crippen molar-refractivity contribution in [3.8, 4) is 5.75 Å². The van der Waals surface area contributed by atoms with Crippen LogP contribution in [0.5, 0.6) is 5.75 Å². The third kappa shape index (κ3) is 10.7. The Balaban J connectivity index is 1.49. The van der Waals surface area contributed by atoms with E-state index in [-0.39, 0.29) is 29.0 Å². The second-order valence-corrected chi connectivity index (χ2v) is 13.9. The van der Waals surface area contributed by atoms with Gasteiger partial charge in [0.15, 0.2) is 0 Å². The number of benzene rings is 1. The molecule has 9 heteroatoms. The Hall–Kier alpha value is -2.05. The summed E-state index contributed by atoms with van der Waals surface area (Å²) < 4.78 is 5.82. The summed E-state index contributed by atoms with van der Waals surface area (Å²) >= 11 is -0.795. The molecule has 0 spiro atoms. The fourth-order valence-electron chi connectivity index (χ4n) is 4.96. The summed E-state index contributed by atoms with van der Waals surface area (Å²) in [5, 5.41) is 16.6. The van der Waals surface area contributed by atoms with E-state index in [0.717, 1.165) is 61.7 Å². The molecule has 0 bridgehead atoms. The molecule has 1 unspecified atom stereocenters. The van der Waals surface area contributed by atoms with Crippen LogP contribution in [0.4, 0.5) is 0 Å². The molecular formula is C28H44AsN3O5. The number of rotatable bonds is 13. The molecule has 206 valence electrons. The van der Waals surface area contributed by atoms with Crippen LogP contribution in [0.2, 0.25) is 0 Å². The molecule has 2 heterocycles. The monoisotopic (exact) mass is 577 g/mol. The van der Waals surface area contributed by atoms with E-state index < -0.39 is 21.7 Å². The summed E-state index contributed by atoms with van der Waals surface area (Å²) in [7, 11) is 0. The number of ether oxygens (including phenoxy) is 1. The molecule has 8 nitrogen and oxygen atoms in total. The van der Waals surface area contributed by atoms with Gasteiger partial charge in [0.1, 0.15) is 0 Å². The number of likely N-dealkylation sites (tertiary alicyclic amines) is 1. The van der Waals surface area contributed by atoms with Gasteiger partial charge in [-0.25, -0.2) is 0 Å². The molecule has 0 radical (unpaired) electrons. The van der Waals surface area contributed by atoms with Gasteiger partial charge < -0.3 is 5.32 Å². The number of piperidine rings is 2. The van der Waals surface area contributed by atoms with E-state index in [9.17, 15) is 19.5 Å². The molecule has 2 amide bonds. The molecule has 37 heavy (non-hydrogen) atoms. The Labute approximate surface area is 228 Å². The first-order valence-corrected chi connectivity index (χ1v) is 16.5. The quantitative estimate of drug-likeness (QED) is 0.311. The summed E-state index contributed by atoms with van der Waals surface area (Å²) in [6.07, 6.45) is 5.19. The molecule has 2 saturated heterocycles. The molecule has 2 aliphatic rings. The fraction of sp³-hybridized carbons (Fsp3) is 0.679. The number of carboxylic acid groups (broad SMARTS) is 1. The van der Waals surface area contributed by atoms with Crippen molar-refractivity contribution in [1.82, 2.24) is 15.5 Å². The van der Waals surface area contributed by atoms with Crippen LogP contribution in [0.3, 0.4) is 0 Å². The zero-order valence-electron chi connectivity index (χ0n) is 22.3. The second-order valence-electron chi connectivity index (χ2n) is 10.8. The van der Waals surface area contributed by atoms with Gasteiger partial charge in [0.05, 0.1) is 0 Å². The Morgan fingerprint density at radius 3 is 2.73 bits per heavy atom. The first kappa shape index (κ1) is 29.5. The molecule has 1 aromatic carbocycles. The third-order valence-corrected chi connectivity index (χ3v) is 10.1. The molecule has 0 saturated carbocycles. The van der Waals surface area contributed by atoms with Crippen LogP contribution in [-0.2, 0) is 19.6 Å². The molecule has 2 aliphatic heterocycles. The van der Waals surface area contributed by atoms with Gasteiger partial charge >= 0.3 is 223 Å². The predicted octanol–water partition coefficient (Wildman–Crippen LogP) is 2.59. The maximum absolute atomic E-state index is 13.1. The maximum atomic E-state index is 13.1. The topological polar surface area (TPSA) is 108 Å². The van der Waals surface area contributed by atoms with Gasteiger partial charge in [0.2, 0.25) is 0 Å². The molecular weight excluding hydrogens is 533 g/mol. The second kappa shape index (κ2) is 15.4. The Kier molecular flexibility index (Phi) is 12.3. The van der Waals surface area contributed by atoms with Gasteiger partial charge in [-0.05, 0) is 0 Å². The SMILES string of the molecule is CC(C)COc1cccc(C[AsH][C@H](CC(=O)O)NC(=O)[C@@H]2CCCN(C(=O)CCC3CCNCC3)C2)c1. The van der Waals surface area contributed by atoms with Gasteiger partial charge in [-0.15, -0.1) is 0 Å². The average Bonchev–Trinajstić information content (AvgIpc) is 2.89. The summed E-state index contributed by atoms with van der Waals surface area (Å²) in [5.41, 5.74) is 1.11. The van der Waals surface area contributed by atoms with E-state index in [1.54, 1.807) is 0 Å². The average molecular weight is 578 g/mol. The number of aliphatic carboxylic acids is 1. The zero-order valence-corrected chi connectivity index (χ0v) is 24.4. The van der Waals surface area contributed by atoms with Crippen LogP contribution in [0, 0.1) is 17.8 Å². The van der Waals surface area contributed by atoms with Crippen molar-refractivity contribution in [2.24, 2.45) is 17.8 Å². The van der Waals surface area contributed by atoms with Gasteiger partial charge in [0.25, 0.3) is 0 Å². The summed E-state index contributed by atoms with van der Waals surface area (Å²) in [6.45, 7) is 8.06. The first-order valence-electron chi connectivity index (χ1n) is 13.8. The normalized spacial score (nSPS) is 19.8. The van der Waals surface area contributed by atoms with Gasteiger partial charge in [0, 0.05) is 0 Å². The van der Waals surface area contributed by atoms with Crippen LogP contribution < -0.4 is 15.4 Å². The predicted molar refractivity (Wildman–Crippen MR) is 146 cm³/mol. The molecule has 3 atom stereocenters. The third-order valence-electron chi connectivity index (χ3n) is 7.10. The van der Waals surface area contributed by atoms with Crippen molar-refractivity contribution in [3.63, 3.8) is 0 Å². The van der Waals surface area contributed by atoms with Crippen LogP contribution in [0.25, 0.3) is 0 Å². The van der Waals surface area contributed by atoms with Crippen molar-refractivity contribution < 1.29 is 24.2 Å². The minimum atomic E-state index is -0.901. The van der Waals surface area contributed by atoms with Gasteiger partial charge in [-0.2, -0.15) is 0 Å². The molecule has 0 aromatic heterocycles. The molecule has 2 fully saturated rings. The number of amides is 2. The molecule has 3 N–H and O–H groups in total. The fourth-order valence-corrected chi connectivity index (χ4v) is 7.62. The Bertz CT molecular complexity index is 890. The number of nitrogens with zero attached hydrogens (tertiary/aromatic N) is 1. The van der Waals surface area contributed by atoms with Crippen LogP contribution in [-0.4, -0.2) is 81.2 Å². The first-order chi connectivity index (χ1) is 17.8. The van der Waals surface area contributed by atoms with Crippen molar-refractivity contribution in [2.75, 3.05) is 32.8 Å². The number of nitrogens with one attached hydrogen (secondary N) is 2. The van der Waals surface area contributed by atoms with Crippen LogP contribution in [0.1, 0.15) is 64.4 Å². The van der Waals surface area contributed by atoms with Crippen LogP contribution in [0.15, 0.2) is 24.3 Å².